The van der Waals surface area contributed by atoms with Crippen LogP contribution in [0.25, 0.3) is 0 Å². The Bertz CT molecular complexity index is 678. The maximum atomic E-state index is 11.7. The summed E-state index contributed by atoms with van der Waals surface area (Å²) in [5, 5.41) is 0. The lowest BCUT2D eigenvalue weighted by Gasteiger charge is -2.04. The number of rotatable bonds is 3. The molecule has 2 rings (SSSR count). The zero-order chi connectivity index (χ0) is 13.9. The molecule has 0 unspecified atom stereocenters. The second-order valence-corrected chi connectivity index (χ2v) is 5.86. The Kier molecular flexibility index (Phi) is 3.62. The van der Waals surface area contributed by atoms with E-state index in [1.165, 1.54) is 36.5 Å². The van der Waals surface area contributed by atoms with E-state index >= 15 is 0 Å². The molecule has 2 aromatic rings. The fraction of sp³-hybridized carbons (Fsp3) is 0.0769. The molecule has 0 N–H and O–H groups in total. The van der Waals surface area contributed by atoms with Gasteiger partial charge in [0.05, 0.1) is 4.90 Å². The number of pyridine rings is 1. The van der Waals surface area contributed by atoms with Crippen molar-refractivity contribution in [3.63, 3.8) is 0 Å². The lowest BCUT2D eigenvalue weighted by molar-refractivity contribution is 0.0728. The van der Waals surface area contributed by atoms with Crippen LogP contribution >= 0.6 is 0 Å². The van der Waals surface area contributed by atoms with E-state index in [2.05, 4.69) is 4.98 Å². The van der Waals surface area contributed by atoms with E-state index in [1.807, 2.05) is 0 Å². The summed E-state index contributed by atoms with van der Waals surface area (Å²) in [6.07, 6.45) is 2.60. The highest BCUT2D eigenvalue weighted by molar-refractivity contribution is 7.90. The maximum absolute atomic E-state index is 11.7. The van der Waals surface area contributed by atoms with Crippen molar-refractivity contribution in [3.05, 3.63) is 54.4 Å². The van der Waals surface area contributed by atoms with Crippen molar-refractivity contribution in [1.29, 1.82) is 0 Å². The first-order chi connectivity index (χ1) is 8.97. The van der Waals surface area contributed by atoms with Gasteiger partial charge in [-0.05, 0) is 36.4 Å². The molecule has 0 saturated heterocycles. The molecular weight excluding hydrogens is 266 g/mol. The first-order valence-electron chi connectivity index (χ1n) is 5.40. The Labute approximate surface area is 110 Å². The van der Waals surface area contributed by atoms with Crippen LogP contribution in [0.3, 0.4) is 0 Å². The summed E-state index contributed by atoms with van der Waals surface area (Å²) < 4.78 is 27.6. The minimum Gasteiger partial charge on any atom is -0.422 e. The van der Waals surface area contributed by atoms with Crippen molar-refractivity contribution in [2.45, 2.75) is 4.90 Å². The lowest BCUT2D eigenvalue weighted by Crippen LogP contribution is -2.10. The summed E-state index contributed by atoms with van der Waals surface area (Å²) in [7, 11) is -3.25. The van der Waals surface area contributed by atoms with E-state index < -0.39 is 15.8 Å². The number of aromatic nitrogens is 1. The number of hydrogen-bond donors (Lipinski definition) is 0. The van der Waals surface area contributed by atoms with E-state index in [1.54, 1.807) is 12.1 Å². The van der Waals surface area contributed by atoms with Crippen LogP contribution in [0.15, 0.2) is 53.6 Å². The van der Waals surface area contributed by atoms with Gasteiger partial charge in [0.2, 0.25) is 0 Å². The number of nitrogens with zero attached hydrogens (tertiary/aromatic N) is 1. The number of sulfone groups is 1. The van der Waals surface area contributed by atoms with Gasteiger partial charge < -0.3 is 4.74 Å². The van der Waals surface area contributed by atoms with E-state index in [9.17, 15) is 13.2 Å². The quantitative estimate of drug-likeness (QED) is 0.630. The Morgan fingerprint density at radius 2 is 1.79 bits per heavy atom. The van der Waals surface area contributed by atoms with Crippen LogP contribution in [0, 0.1) is 0 Å². The van der Waals surface area contributed by atoms with Gasteiger partial charge in [0.15, 0.2) is 9.84 Å². The molecule has 0 aliphatic heterocycles. The van der Waals surface area contributed by atoms with Crippen molar-refractivity contribution in [3.8, 4) is 5.75 Å². The summed E-state index contributed by atoms with van der Waals surface area (Å²) in [5.41, 5.74) is 0.190. The second kappa shape index (κ2) is 5.19. The number of carbonyl (C=O) groups excluding carboxylic acids is 1. The smallest absolute Gasteiger partial charge is 0.362 e. The normalized spacial score (nSPS) is 11.0. The first kappa shape index (κ1) is 13.2. The molecule has 0 amide bonds. The van der Waals surface area contributed by atoms with E-state index in [0.717, 1.165) is 6.26 Å². The lowest BCUT2D eigenvalue weighted by atomic mass is 10.3. The molecule has 0 fully saturated rings. The van der Waals surface area contributed by atoms with Crippen LogP contribution in [0.2, 0.25) is 0 Å². The number of hydrogen-bond acceptors (Lipinski definition) is 5. The fourth-order valence-corrected chi connectivity index (χ4v) is 2.03. The highest BCUT2D eigenvalue weighted by atomic mass is 32.2. The summed E-state index contributed by atoms with van der Waals surface area (Å²) >= 11 is 0. The molecule has 19 heavy (non-hydrogen) atoms. The standard InChI is InChI=1S/C13H11NO4S/c1-19(16,17)11-7-5-10(6-8-11)18-13(15)12-4-2-3-9-14-12/h2-9H,1H3. The van der Waals surface area contributed by atoms with Gasteiger partial charge >= 0.3 is 5.97 Å². The molecule has 98 valence electrons. The Hall–Kier alpha value is -2.21. The van der Waals surface area contributed by atoms with Crippen LogP contribution in [0.4, 0.5) is 0 Å². The maximum Gasteiger partial charge on any atom is 0.362 e. The van der Waals surface area contributed by atoms with Gasteiger partial charge in [-0.2, -0.15) is 0 Å². The number of benzene rings is 1. The van der Waals surface area contributed by atoms with Crippen molar-refractivity contribution < 1.29 is 17.9 Å². The van der Waals surface area contributed by atoms with Crippen LogP contribution in [-0.2, 0) is 9.84 Å². The molecule has 0 spiro atoms. The Morgan fingerprint density at radius 3 is 2.32 bits per heavy atom. The third-order valence-electron chi connectivity index (χ3n) is 2.34. The summed E-state index contributed by atoms with van der Waals surface area (Å²) in [5.74, 6) is -0.323. The van der Waals surface area contributed by atoms with Gasteiger partial charge in [-0.15, -0.1) is 0 Å². The van der Waals surface area contributed by atoms with Gasteiger partial charge in [0, 0.05) is 12.5 Å². The highest BCUT2D eigenvalue weighted by Gasteiger charge is 2.11. The molecule has 5 nitrogen and oxygen atoms in total. The van der Waals surface area contributed by atoms with Gasteiger partial charge in [0.25, 0.3) is 0 Å². The largest absolute Gasteiger partial charge is 0.422 e. The van der Waals surface area contributed by atoms with Crippen LogP contribution in [-0.4, -0.2) is 25.6 Å². The minimum absolute atomic E-state index is 0.171. The van der Waals surface area contributed by atoms with Crippen LogP contribution in [0.1, 0.15) is 10.5 Å². The summed E-state index contributed by atoms with van der Waals surface area (Å²) in [4.78, 5) is 15.7. The predicted molar refractivity (Wildman–Crippen MR) is 68.7 cm³/mol. The summed E-state index contributed by atoms with van der Waals surface area (Å²) in [6.45, 7) is 0. The monoisotopic (exact) mass is 277 g/mol. The zero-order valence-electron chi connectivity index (χ0n) is 10.1. The van der Waals surface area contributed by atoms with Gasteiger partial charge in [0.1, 0.15) is 11.4 Å². The molecule has 6 heteroatoms. The minimum atomic E-state index is -3.25. The SMILES string of the molecule is CS(=O)(=O)c1ccc(OC(=O)c2ccccn2)cc1. The molecule has 0 aliphatic carbocycles. The molecule has 1 aromatic heterocycles. The van der Waals surface area contributed by atoms with Crippen LogP contribution < -0.4 is 4.74 Å². The highest BCUT2D eigenvalue weighted by Crippen LogP contribution is 2.16. The zero-order valence-corrected chi connectivity index (χ0v) is 10.9. The molecule has 0 atom stereocenters. The molecule has 0 aliphatic rings. The van der Waals surface area contributed by atoms with Gasteiger partial charge in [-0.25, -0.2) is 18.2 Å². The second-order valence-electron chi connectivity index (χ2n) is 3.85. The predicted octanol–water partition coefficient (Wildman–Crippen LogP) is 1.70. The van der Waals surface area contributed by atoms with E-state index in [-0.39, 0.29) is 16.3 Å². The summed E-state index contributed by atoms with van der Waals surface area (Å²) in [6, 6.07) is 10.5. The fourth-order valence-electron chi connectivity index (χ4n) is 1.40. The van der Waals surface area contributed by atoms with Crippen molar-refractivity contribution in [2.75, 3.05) is 6.26 Å². The number of ether oxygens (including phenoxy) is 1. The number of carbonyl (C=O) groups is 1. The molecule has 0 bridgehead atoms. The van der Waals surface area contributed by atoms with Gasteiger partial charge in [-0.3, -0.25) is 0 Å². The average Bonchev–Trinajstić information content (AvgIpc) is 2.39. The third kappa shape index (κ3) is 3.38. The number of esters is 1. The van der Waals surface area contributed by atoms with Crippen molar-refractivity contribution >= 4 is 15.8 Å². The molecule has 0 saturated carbocycles. The van der Waals surface area contributed by atoms with Crippen LogP contribution in [0.5, 0.6) is 5.75 Å². The Balaban J connectivity index is 2.15. The molecular formula is C13H11NO4S. The average molecular weight is 277 g/mol. The van der Waals surface area contributed by atoms with Crippen molar-refractivity contribution in [1.82, 2.24) is 4.98 Å². The first-order valence-corrected chi connectivity index (χ1v) is 7.29. The molecule has 1 heterocycles. The van der Waals surface area contributed by atoms with E-state index in [0.29, 0.717) is 0 Å². The molecule has 0 radical (unpaired) electrons. The van der Waals surface area contributed by atoms with Gasteiger partial charge in [-0.1, -0.05) is 6.07 Å². The Morgan fingerprint density at radius 1 is 1.11 bits per heavy atom. The van der Waals surface area contributed by atoms with E-state index in [4.69, 9.17) is 4.74 Å². The molecule has 1 aromatic carbocycles. The topological polar surface area (TPSA) is 73.3 Å². The van der Waals surface area contributed by atoms with Crippen molar-refractivity contribution in [2.24, 2.45) is 0 Å². The third-order valence-corrected chi connectivity index (χ3v) is 3.46.